The molecule has 9 heteroatoms. The summed E-state index contributed by atoms with van der Waals surface area (Å²) in [7, 11) is 1.68. The number of amides is 1. The number of aliphatic imine (C=N–C) groups is 2. The lowest BCUT2D eigenvalue weighted by molar-refractivity contribution is -0.122. The topological polar surface area (TPSA) is 95.1 Å². The summed E-state index contributed by atoms with van der Waals surface area (Å²) in [6.45, 7) is 0. The SMILES string of the molecule is CN1C(=O)[C@@]2(N=C(N)NC(Nc3ccc(Cl)cc3Cl)=N2)c2ccccc21. The summed E-state index contributed by atoms with van der Waals surface area (Å²) in [4.78, 5) is 23.3. The number of para-hydroxylation sites is 1. The molecule has 4 rings (SSSR count). The van der Waals surface area contributed by atoms with Crippen LogP contribution in [0.4, 0.5) is 11.4 Å². The molecule has 0 fully saturated rings. The summed E-state index contributed by atoms with van der Waals surface area (Å²) >= 11 is 12.1. The molecule has 0 aliphatic carbocycles. The number of nitrogens with zero attached hydrogens (tertiary/aromatic N) is 3. The fourth-order valence-corrected chi connectivity index (χ4v) is 3.51. The first-order valence-corrected chi connectivity index (χ1v) is 8.48. The van der Waals surface area contributed by atoms with E-state index in [1.165, 1.54) is 4.90 Å². The summed E-state index contributed by atoms with van der Waals surface area (Å²) < 4.78 is 0. The summed E-state index contributed by atoms with van der Waals surface area (Å²) in [6.07, 6.45) is 0. The fraction of sp³-hybridized carbons (Fsp3) is 0.118. The van der Waals surface area contributed by atoms with Crippen LogP contribution in [0.5, 0.6) is 0 Å². The summed E-state index contributed by atoms with van der Waals surface area (Å²) in [5.41, 5.74) is 6.47. The van der Waals surface area contributed by atoms with Crippen molar-refractivity contribution in [3.63, 3.8) is 0 Å². The van der Waals surface area contributed by atoms with E-state index in [4.69, 9.17) is 28.9 Å². The molecule has 2 heterocycles. The average molecular weight is 389 g/mol. The zero-order chi connectivity index (χ0) is 18.5. The van der Waals surface area contributed by atoms with Gasteiger partial charge in [-0.25, -0.2) is 9.98 Å². The molecule has 1 amide bonds. The quantitative estimate of drug-likeness (QED) is 0.699. The van der Waals surface area contributed by atoms with E-state index in [1.807, 2.05) is 24.3 Å². The molecule has 0 radical (unpaired) electrons. The normalized spacial score (nSPS) is 21.2. The van der Waals surface area contributed by atoms with Crippen LogP contribution in [0.25, 0.3) is 0 Å². The number of nitrogens with one attached hydrogen (secondary N) is 2. The van der Waals surface area contributed by atoms with Crippen molar-refractivity contribution in [2.24, 2.45) is 15.7 Å². The molecule has 2 aliphatic heterocycles. The van der Waals surface area contributed by atoms with E-state index < -0.39 is 5.66 Å². The van der Waals surface area contributed by atoms with Gasteiger partial charge in [0.15, 0.2) is 5.96 Å². The third kappa shape index (κ3) is 2.48. The number of fused-ring (bicyclic) bond motifs is 2. The van der Waals surface area contributed by atoms with Gasteiger partial charge in [0.25, 0.3) is 11.6 Å². The van der Waals surface area contributed by atoms with Gasteiger partial charge in [0.2, 0.25) is 5.96 Å². The standard InChI is InChI=1S/C17H14Cl2N6O/c1-25-13-5-3-2-4-10(13)17(14(25)26)23-15(20)22-16(24-17)21-12-7-6-9(18)8-11(12)19/h2-8H,1H3,(H4,20,21,22,23,24)/t17-/m1/s1. The Bertz CT molecular complexity index is 989. The van der Waals surface area contributed by atoms with Crippen LogP contribution in [0.15, 0.2) is 52.4 Å². The monoisotopic (exact) mass is 388 g/mol. The molecule has 2 aromatic rings. The number of benzene rings is 2. The molecule has 0 saturated heterocycles. The van der Waals surface area contributed by atoms with Gasteiger partial charge in [0.1, 0.15) is 0 Å². The number of carbonyl (C=O) groups is 1. The van der Waals surface area contributed by atoms with Gasteiger partial charge < -0.3 is 16.0 Å². The Morgan fingerprint density at radius 2 is 1.96 bits per heavy atom. The van der Waals surface area contributed by atoms with Crippen LogP contribution < -0.4 is 21.3 Å². The van der Waals surface area contributed by atoms with Gasteiger partial charge in [-0.05, 0) is 24.3 Å². The number of nitrogens with two attached hydrogens (primary N) is 1. The number of guanidine groups is 2. The number of anilines is 2. The first-order valence-electron chi connectivity index (χ1n) is 7.73. The second kappa shape index (κ2) is 5.89. The van der Waals surface area contributed by atoms with E-state index in [0.29, 0.717) is 21.3 Å². The van der Waals surface area contributed by atoms with Crippen LogP contribution in [0.3, 0.4) is 0 Å². The molecule has 7 nitrogen and oxygen atoms in total. The number of likely N-dealkylation sites (N-methyl/N-ethyl adjacent to an activating group) is 1. The number of rotatable bonds is 1. The molecule has 0 aromatic heterocycles. The molecular formula is C17H14Cl2N6O. The van der Waals surface area contributed by atoms with E-state index in [2.05, 4.69) is 20.6 Å². The van der Waals surface area contributed by atoms with Crippen molar-refractivity contribution >= 4 is 52.4 Å². The van der Waals surface area contributed by atoms with Crippen LogP contribution in [-0.4, -0.2) is 24.9 Å². The van der Waals surface area contributed by atoms with Gasteiger partial charge in [0.05, 0.1) is 16.4 Å². The molecule has 2 aromatic carbocycles. The smallest absolute Gasteiger partial charge is 0.282 e. The second-order valence-electron chi connectivity index (χ2n) is 5.89. The second-order valence-corrected chi connectivity index (χ2v) is 6.73. The summed E-state index contributed by atoms with van der Waals surface area (Å²) in [5, 5.41) is 6.79. The molecule has 132 valence electrons. The van der Waals surface area contributed by atoms with Crippen molar-refractivity contribution in [2.45, 2.75) is 5.66 Å². The van der Waals surface area contributed by atoms with Crippen molar-refractivity contribution in [2.75, 3.05) is 17.3 Å². The van der Waals surface area contributed by atoms with Crippen molar-refractivity contribution in [3.8, 4) is 0 Å². The van der Waals surface area contributed by atoms with E-state index in [1.54, 1.807) is 25.2 Å². The third-order valence-electron chi connectivity index (χ3n) is 4.23. The van der Waals surface area contributed by atoms with E-state index >= 15 is 0 Å². The Morgan fingerprint density at radius 3 is 2.73 bits per heavy atom. The highest BCUT2D eigenvalue weighted by Gasteiger charge is 2.52. The third-order valence-corrected chi connectivity index (χ3v) is 4.78. The Balaban J connectivity index is 1.80. The Hall–Kier alpha value is -2.77. The number of halogens is 2. The van der Waals surface area contributed by atoms with Gasteiger partial charge >= 0.3 is 0 Å². The van der Waals surface area contributed by atoms with Crippen LogP contribution in [0.2, 0.25) is 10.0 Å². The maximum Gasteiger partial charge on any atom is 0.282 e. The van der Waals surface area contributed by atoms with Crippen molar-refractivity contribution in [1.29, 1.82) is 0 Å². The largest absolute Gasteiger partial charge is 0.370 e. The maximum atomic E-state index is 13.0. The van der Waals surface area contributed by atoms with Crippen LogP contribution in [0.1, 0.15) is 5.56 Å². The van der Waals surface area contributed by atoms with Crippen LogP contribution >= 0.6 is 23.2 Å². The summed E-state index contributed by atoms with van der Waals surface area (Å²) in [6, 6.07) is 12.3. The van der Waals surface area contributed by atoms with Crippen molar-refractivity contribution < 1.29 is 4.79 Å². The van der Waals surface area contributed by atoms with E-state index in [0.717, 1.165) is 5.69 Å². The molecule has 1 atom stereocenters. The van der Waals surface area contributed by atoms with Crippen molar-refractivity contribution in [1.82, 2.24) is 5.32 Å². The predicted molar refractivity (Wildman–Crippen MR) is 104 cm³/mol. The molecule has 0 bridgehead atoms. The highest BCUT2D eigenvalue weighted by atomic mass is 35.5. The van der Waals surface area contributed by atoms with Gasteiger partial charge in [-0.2, -0.15) is 0 Å². The van der Waals surface area contributed by atoms with Crippen LogP contribution in [0, 0.1) is 0 Å². The van der Waals surface area contributed by atoms with Gasteiger partial charge in [0, 0.05) is 17.6 Å². The van der Waals surface area contributed by atoms with Crippen molar-refractivity contribution in [3.05, 3.63) is 58.1 Å². The number of carbonyl (C=O) groups excluding carboxylic acids is 1. The maximum absolute atomic E-state index is 13.0. The lowest BCUT2D eigenvalue weighted by Gasteiger charge is -2.27. The number of hydrogen-bond donors (Lipinski definition) is 3. The highest BCUT2D eigenvalue weighted by molar-refractivity contribution is 6.36. The molecule has 26 heavy (non-hydrogen) atoms. The molecule has 2 aliphatic rings. The average Bonchev–Trinajstić information content (AvgIpc) is 2.80. The van der Waals surface area contributed by atoms with Gasteiger partial charge in [-0.3, -0.25) is 10.1 Å². The van der Waals surface area contributed by atoms with E-state index in [9.17, 15) is 4.79 Å². The van der Waals surface area contributed by atoms with E-state index in [-0.39, 0.29) is 17.8 Å². The molecule has 0 unspecified atom stereocenters. The summed E-state index contributed by atoms with van der Waals surface area (Å²) in [5.74, 6) is 0.0517. The van der Waals surface area contributed by atoms with Crippen LogP contribution in [-0.2, 0) is 10.5 Å². The first kappa shape index (κ1) is 16.7. The Morgan fingerprint density at radius 1 is 1.19 bits per heavy atom. The minimum atomic E-state index is -1.46. The predicted octanol–water partition coefficient (Wildman–Crippen LogP) is 2.51. The Kier molecular flexibility index (Phi) is 3.78. The first-order chi connectivity index (χ1) is 12.4. The fourth-order valence-electron chi connectivity index (χ4n) is 3.05. The zero-order valence-corrected chi connectivity index (χ0v) is 15.1. The molecular weight excluding hydrogens is 375 g/mol. The van der Waals surface area contributed by atoms with Gasteiger partial charge in [-0.15, -0.1) is 0 Å². The highest BCUT2D eigenvalue weighted by Crippen LogP contribution is 2.44. The number of hydrogen-bond acceptors (Lipinski definition) is 6. The Labute approximate surface area is 159 Å². The van der Waals surface area contributed by atoms with Gasteiger partial charge in [-0.1, -0.05) is 41.4 Å². The minimum Gasteiger partial charge on any atom is -0.370 e. The zero-order valence-electron chi connectivity index (χ0n) is 13.6. The molecule has 1 spiro atoms. The lowest BCUT2D eigenvalue weighted by Crippen LogP contribution is -2.50. The molecule has 0 saturated carbocycles. The lowest BCUT2D eigenvalue weighted by atomic mass is 10.0. The molecule has 4 N–H and O–H groups in total. The minimum absolute atomic E-state index is 0.0750.